The molecule has 0 bridgehead atoms. The Labute approximate surface area is 170 Å². The highest BCUT2D eigenvalue weighted by molar-refractivity contribution is 5.81. The van der Waals surface area contributed by atoms with Gasteiger partial charge in [-0.1, -0.05) is 6.42 Å². The number of piperazine rings is 1. The predicted octanol–water partition coefficient (Wildman–Crippen LogP) is 1.44. The number of nitrogens with zero attached hydrogens (tertiary/aromatic N) is 3. The third kappa shape index (κ3) is 4.62. The van der Waals surface area contributed by atoms with Gasteiger partial charge >= 0.3 is 0 Å². The first kappa shape index (κ1) is 21.4. The van der Waals surface area contributed by atoms with E-state index in [-0.39, 0.29) is 11.9 Å². The highest BCUT2D eigenvalue weighted by Gasteiger charge is 2.59. The van der Waals surface area contributed by atoms with Gasteiger partial charge in [-0.25, -0.2) is 0 Å². The Morgan fingerprint density at radius 1 is 1.21 bits per heavy atom. The smallest absolute Gasteiger partial charge is 0.234 e. The van der Waals surface area contributed by atoms with Crippen molar-refractivity contribution in [2.75, 3.05) is 45.9 Å². The van der Waals surface area contributed by atoms with E-state index >= 15 is 0 Å². The van der Waals surface area contributed by atoms with Crippen molar-refractivity contribution >= 4 is 11.9 Å². The largest absolute Gasteiger partial charge is 0.378 e. The van der Waals surface area contributed by atoms with E-state index < -0.39 is 0 Å². The van der Waals surface area contributed by atoms with Crippen LogP contribution in [0.4, 0.5) is 0 Å². The summed E-state index contributed by atoms with van der Waals surface area (Å²) in [5.74, 6) is 1.16. The maximum absolute atomic E-state index is 12.0. The second-order valence-electron chi connectivity index (χ2n) is 8.75. The summed E-state index contributed by atoms with van der Waals surface area (Å²) in [6.07, 6.45) is 5.37. The van der Waals surface area contributed by atoms with Crippen molar-refractivity contribution in [1.82, 2.24) is 20.4 Å². The van der Waals surface area contributed by atoms with E-state index in [0.717, 1.165) is 51.7 Å². The van der Waals surface area contributed by atoms with Crippen LogP contribution in [0.3, 0.4) is 0 Å². The molecular formula is C21H39N5O2. The number of rotatable bonds is 7. The summed E-state index contributed by atoms with van der Waals surface area (Å²) in [5, 5.41) is 6.76. The highest BCUT2D eigenvalue weighted by atomic mass is 16.5. The van der Waals surface area contributed by atoms with Crippen LogP contribution in [0.25, 0.3) is 0 Å². The molecule has 0 aromatic heterocycles. The molecule has 2 N–H and O–H groups in total. The Balaban J connectivity index is 1.51. The third-order valence-electron chi connectivity index (χ3n) is 6.54. The first-order valence-electron chi connectivity index (χ1n) is 11.2. The van der Waals surface area contributed by atoms with Gasteiger partial charge in [0.15, 0.2) is 5.96 Å². The van der Waals surface area contributed by atoms with Crippen LogP contribution in [0.1, 0.15) is 53.4 Å². The molecular weight excluding hydrogens is 354 g/mol. The molecule has 3 fully saturated rings. The monoisotopic (exact) mass is 393 g/mol. The molecule has 1 heterocycles. The summed E-state index contributed by atoms with van der Waals surface area (Å²) in [4.78, 5) is 21.4. The summed E-state index contributed by atoms with van der Waals surface area (Å²) in [7, 11) is 0. The number of ether oxygens (including phenoxy) is 1. The summed E-state index contributed by atoms with van der Waals surface area (Å²) in [5.41, 5.74) is 0.335. The lowest BCUT2D eigenvalue weighted by molar-refractivity contribution is -0.169. The van der Waals surface area contributed by atoms with Crippen LogP contribution in [-0.2, 0) is 9.53 Å². The van der Waals surface area contributed by atoms with Crippen LogP contribution >= 0.6 is 0 Å². The van der Waals surface area contributed by atoms with E-state index in [1.807, 2.05) is 13.8 Å². The average molecular weight is 394 g/mol. The summed E-state index contributed by atoms with van der Waals surface area (Å²) in [6.45, 7) is 13.9. The summed E-state index contributed by atoms with van der Waals surface area (Å²) >= 11 is 0. The van der Waals surface area contributed by atoms with Crippen molar-refractivity contribution in [2.45, 2.75) is 71.6 Å². The molecule has 0 aromatic rings. The first-order chi connectivity index (χ1) is 13.5. The molecule has 7 nitrogen and oxygen atoms in total. The van der Waals surface area contributed by atoms with Gasteiger partial charge in [-0.05, 0) is 47.0 Å². The van der Waals surface area contributed by atoms with Crippen molar-refractivity contribution in [1.29, 1.82) is 0 Å². The van der Waals surface area contributed by atoms with Crippen molar-refractivity contribution in [2.24, 2.45) is 10.4 Å². The second-order valence-corrected chi connectivity index (χ2v) is 8.75. The Morgan fingerprint density at radius 3 is 2.46 bits per heavy atom. The van der Waals surface area contributed by atoms with Gasteiger partial charge in [0.2, 0.25) is 5.91 Å². The zero-order chi connectivity index (χ0) is 20.1. The lowest BCUT2D eigenvalue weighted by Crippen LogP contribution is -2.69. The van der Waals surface area contributed by atoms with Crippen LogP contribution in [0.5, 0.6) is 0 Å². The Kier molecular flexibility index (Phi) is 7.20. The van der Waals surface area contributed by atoms with E-state index in [9.17, 15) is 4.79 Å². The molecule has 1 spiro atoms. The van der Waals surface area contributed by atoms with Gasteiger partial charge in [0, 0.05) is 56.8 Å². The Morgan fingerprint density at radius 2 is 1.93 bits per heavy atom. The van der Waals surface area contributed by atoms with Crippen LogP contribution in [0, 0.1) is 5.41 Å². The predicted molar refractivity (Wildman–Crippen MR) is 113 cm³/mol. The molecule has 2 saturated carbocycles. The zero-order valence-corrected chi connectivity index (χ0v) is 18.2. The summed E-state index contributed by atoms with van der Waals surface area (Å²) < 4.78 is 5.99. The molecule has 3 rings (SSSR count). The molecule has 1 saturated heterocycles. The van der Waals surface area contributed by atoms with Crippen molar-refractivity contribution in [3.63, 3.8) is 0 Å². The van der Waals surface area contributed by atoms with Crippen molar-refractivity contribution in [3.8, 4) is 0 Å². The fourth-order valence-electron chi connectivity index (χ4n) is 4.87. The maximum Gasteiger partial charge on any atom is 0.234 e. The molecule has 0 radical (unpaired) electrons. The minimum atomic E-state index is 0.118. The molecule has 0 aromatic carbocycles. The molecule has 3 aliphatic rings. The summed E-state index contributed by atoms with van der Waals surface area (Å²) in [6, 6.07) is 0.682. The van der Waals surface area contributed by atoms with E-state index in [1.54, 1.807) is 0 Å². The normalized spacial score (nSPS) is 27.5. The number of guanidine groups is 1. The fraction of sp³-hybridized carbons (Fsp3) is 0.905. The van der Waals surface area contributed by atoms with Crippen LogP contribution in [0.15, 0.2) is 4.99 Å². The molecule has 2 unspecified atom stereocenters. The van der Waals surface area contributed by atoms with Gasteiger partial charge < -0.3 is 20.3 Å². The highest BCUT2D eigenvalue weighted by Crippen LogP contribution is 2.57. The number of amides is 1. The standard InChI is InChI=1S/C21H39N5O2/c1-5-22-20(24-17-14-18(28-6-2)21(17)8-7-9-21)26-12-10-25(11-13-26)15-19(27)23-16(3)4/h16-18H,5-15H2,1-4H3,(H,22,24)(H,23,27). The molecule has 1 aliphatic heterocycles. The minimum absolute atomic E-state index is 0.118. The topological polar surface area (TPSA) is 69.2 Å². The van der Waals surface area contributed by atoms with E-state index in [0.29, 0.717) is 24.1 Å². The van der Waals surface area contributed by atoms with E-state index in [2.05, 4.69) is 34.3 Å². The quantitative estimate of drug-likeness (QED) is 0.506. The van der Waals surface area contributed by atoms with Gasteiger partial charge in [-0.2, -0.15) is 0 Å². The SMILES string of the molecule is CCN=C(NC1CC(OCC)C12CCC2)N1CCN(CC(=O)NC(C)C)CC1. The second kappa shape index (κ2) is 9.44. The molecule has 2 aliphatic carbocycles. The number of hydrogen-bond donors (Lipinski definition) is 2. The van der Waals surface area contributed by atoms with Gasteiger partial charge in [0.05, 0.1) is 12.6 Å². The minimum Gasteiger partial charge on any atom is -0.378 e. The van der Waals surface area contributed by atoms with Crippen LogP contribution in [0.2, 0.25) is 0 Å². The first-order valence-corrected chi connectivity index (χ1v) is 11.2. The Bertz CT molecular complexity index is 553. The number of aliphatic imine (C=N–C) groups is 1. The zero-order valence-electron chi connectivity index (χ0n) is 18.2. The molecule has 2 atom stereocenters. The van der Waals surface area contributed by atoms with Gasteiger partial charge in [-0.3, -0.25) is 14.7 Å². The van der Waals surface area contributed by atoms with Gasteiger partial charge in [0.1, 0.15) is 0 Å². The number of nitrogens with one attached hydrogen (secondary N) is 2. The van der Waals surface area contributed by atoms with Gasteiger partial charge in [-0.15, -0.1) is 0 Å². The van der Waals surface area contributed by atoms with Crippen molar-refractivity contribution in [3.05, 3.63) is 0 Å². The van der Waals surface area contributed by atoms with Crippen molar-refractivity contribution < 1.29 is 9.53 Å². The molecule has 1 amide bonds. The molecule has 160 valence electrons. The van der Waals surface area contributed by atoms with Gasteiger partial charge in [0.25, 0.3) is 0 Å². The third-order valence-corrected chi connectivity index (χ3v) is 6.54. The van der Waals surface area contributed by atoms with Crippen LogP contribution < -0.4 is 10.6 Å². The molecule has 7 heteroatoms. The lowest BCUT2D eigenvalue weighted by atomic mass is 9.51. The lowest BCUT2D eigenvalue weighted by Gasteiger charge is -2.61. The van der Waals surface area contributed by atoms with Crippen LogP contribution in [-0.4, -0.2) is 85.7 Å². The maximum atomic E-state index is 12.0. The number of carbonyl (C=O) groups is 1. The number of hydrogen-bond acceptors (Lipinski definition) is 4. The fourth-order valence-corrected chi connectivity index (χ4v) is 4.87. The number of carbonyl (C=O) groups excluding carboxylic acids is 1. The van der Waals surface area contributed by atoms with E-state index in [1.165, 1.54) is 19.3 Å². The Hall–Kier alpha value is -1.34. The average Bonchev–Trinajstić information content (AvgIpc) is 2.58. The van der Waals surface area contributed by atoms with E-state index in [4.69, 9.17) is 9.73 Å². The molecule has 28 heavy (non-hydrogen) atoms.